The van der Waals surface area contributed by atoms with Gasteiger partial charge in [0.2, 0.25) is 17.7 Å². The SMILES string of the molecule is CC(C)C(=O)O.CC(C)N.CC1NC(=O)C(CC(=O)O)NC1O.CCC(C)C(=O)O.CCC(C)N.CCC1NC(=O)C(C)NC1OO.CCC1NOC(O)C(C)NC1=O. The average Bonchev–Trinajstić information content (AvgIpc) is 3.27. The lowest BCUT2D eigenvalue weighted by Gasteiger charge is -2.33. The lowest BCUT2D eigenvalue weighted by atomic mass is 10.1. The highest BCUT2D eigenvalue weighted by molar-refractivity contribution is 5.87. The van der Waals surface area contributed by atoms with Crippen LogP contribution in [0.5, 0.6) is 0 Å². The first kappa shape index (κ1) is 62.1. The van der Waals surface area contributed by atoms with E-state index in [0.717, 1.165) is 19.3 Å². The Morgan fingerprint density at radius 3 is 1.53 bits per heavy atom. The molecule has 0 spiro atoms. The number of hydrogen-bond acceptors (Lipinski definition) is 16. The molecule has 59 heavy (non-hydrogen) atoms. The van der Waals surface area contributed by atoms with Crippen LogP contribution < -0.4 is 43.5 Å². The number of aliphatic carboxylic acids is 3. The second-order valence-corrected chi connectivity index (χ2v) is 14.7. The molecule has 0 saturated carbocycles. The molecule has 16 N–H and O–H groups in total. The van der Waals surface area contributed by atoms with E-state index >= 15 is 0 Å². The lowest BCUT2D eigenvalue weighted by Crippen LogP contribution is -2.63. The monoisotopic (exact) mass is 859 g/mol. The molecular formula is C37H78N8O14. The fraction of sp³-hybridized carbons (Fsp3) is 0.838. The Hall–Kier alpha value is -3.58. The summed E-state index contributed by atoms with van der Waals surface area (Å²) >= 11 is 0. The van der Waals surface area contributed by atoms with Crippen LogP contribution in [0.15, 0.2) is 0 Å². The van der Waals surface area contributed by atoms with Crippen LogP contribution in [0.3, 0.4) is 0 Å². The Balaban J connectivity index is -0.000000311. The van der Waals surface area contributed by atoms with E-state index in [2.05, 4.69) is 43.9 Å². The fourth-order valence-electron chi connectivity index (χ4n) is 3.55. The average molecular weight is 859 g/mol. The summed E-state index contributed by atoms with van der Waals surface area (Å²) in [5.74, 6) is -3.52. The first-order valence-electron chi connectivity index (χ1n) is 19.9. The number of carbonyl (C=O) groups excluding carboxylic acids is 3. The Labute approximate surface area is 349 Å². The summed E-state index contributed by atoms with van der Waals surface area (Å²) in [6.07, 6.45) is 0.461. The molecule has 0 bridgehead atoms. The Bertz CT molecular complexity index is 1180. The predicted molar refractivity (Wildman–Crippen MR) is 220 cm³/mol. The van der Waals surface area contributed by atoms with Crippen LogP contribution in [0.1, 0.15) is 122 Å². The number of carboxylic acid groups (broad SMARTS) is 3. The van der Waals surface area contributed by atoms with Gasteiger partial charge in [-0.15, -0.1) is 0 Å². The van der Waals surface area contributed by atoms with E-state index in [1.165, 1.54) is 0 Å². The number of amides is 3. The van der Waals surface area contributed by atoms with Crippen molar-refractivity contribution in [2.24, 2.45) is 23.3 Å². The fourth-order valence-corrected chi connectivity index (χ4v) is 3.55. The second-order valence-electron chi connectivity index (χ2n) is 14.7. The van der Waals surface area contributed by atoms with E-state index in [1.54, 1.807) is 41.5 Å². The first-order valence-corrected chi connectivity index (χ1v) is 19.9. The zero-order valence-electron chi connectivity index (χ0n) is 37.1. The normalized spacial score (nSPS) is 26.8. The van der Waals surface area contributed by atoms with Crippen molar-refractivity contribution in [3.05, 3.63) is 0 Å². The quantitative estimate of drug-likeness (QED) is 0.107. The van der Waals surface area contributed by atoms with Crippen molar-refractivity contribution >= 4 is 35.6 Å². The second kappa shape index (κ2) is 35.2. The third-order valence-corrected chi connectivity index (χ3v) is 7.99. The number of piperazine rings is 2. The molecule has 350 valence electrons. The topological polar surface area (TPSA) is 366 Å². The molecule has 3 rings (SSSR count). The molecule has 0 aromatic carbocycles. The van der Waals surface area contributed by atoms with Crippen LogP contribution in [0.2, 0.25) is 0 Å². The van der Waals surface area contributed by atoms with Gasteiger partial charge < -0.3 is 53.0 Å². The molecule has 3 fully saturated rings. The summed E-state index contributed by atoms with van der Waals surface area (Å²) in [6.45, 7) is 23.6. The maximum absolute atomic E-state index is 11.2. The molecule has 3 saturated heterocycles. The van der Waals surface area contributed by atoms with Crippen LogP contribution >= 0.6 is 0 Å². The van der Waals surface area contributed by atoms with Gasteiger partial charge in [0, 0.05) is 6.04 Å². The molecular weight excluding hydrogens is 780 g/mol. The van der Waals surface area contributed by atoms with Gasteiger partial charge in [-0.05, 0) is 59.4 Å². The van der Waals surface area contributed by atoms with Crippen molar-refractivity contribution < 1.29 is 69.3 Å². The number of nitrogens with two attached hydrogens (primary N) is 2. The lowest BCUT2D eigenvalue weighted by molar-refractivity contribution is -0.295. The zero-order valence-corrected chi connectivity index (χ0v) is 37.1. The zero-order chi connectivity index (χ0) is 47.2. The number of carboxylic acids is 3. The van der Waals surface area contributed by atoms with Gasteiger partial charge in [-0.25, -0.2) is 4.89 Å². The van der Waals surface area contributed by atoms with E-state index in [9.17, 15) is 39.0 Å². The van der Waals surface area contributed by atoms with Crippen LogP contribution in [-0.4, -0.2) is 133 Å². The van der Waals surface area contributed by atoms with Crippen molar-refractivity contribution in [1.82, 2.24) is 32.1 Å². The van der Waals surface area contributed by atoms with Crippen LogP contribution in [0, 0.1) is 11.8 Å². The van der Waals surface area contributed by atoms with Crippen molar-refractivity contribution in [3.8, 4) is 0 Å². The predicted octanol–water partition coefficient (Wildman–Crippen LogP) is 0.00870. The summed E-state index contributed by atoms with van der Waals surface area (Å²) < 4.78 is 0. The van der Waals surface area contributed by atoms with E-state index in [0.29, 0.717) is 18.5 Å². The molecule has 3 aliphatic rings. The van der Waals surface area contributed by atoms with Gasteiger partial charge in [-0.2, -0.15) is 5.48 Å². The maximum atomic E-state index is 11.2. The molecule has 11 atom stereocenters. The number of rotatable bonds is 9. The minimum absolute atomic E-state index is 0.0600. The molecule has 0 aromatic heterocycles. The molecule has 22 nitrogen and oxygen atoms in total. The largest absolute Gasteiger partial charge is 0.481 e. The highest BCUT2D eigenvalue weighted by atomic mass is 17.1. The van der Waals surface area contributed by atoms with Gasteiger partial charge in [0.1, 0.15) is 12.3 Å². The van der Waals surface area contributed by atoms with E-state index in [-0.39, 0.29) is 60.1 Å². The minimum Gasteiger partial charge on any atom is -0.481 e. The summed E-state index contributed by atoms with van der Waals surface area (Å²) in [4.78, 5) is 72.4. The number of hydrogen-bond donors (Lipinski definition) is 14. The molecule has 3 heterocycles. The van der Waals surface area contributed by atoms with Gasteiger partial charge >= 0.3 is 17.9 Å². The van der Waals surface area contributed by atoms with Crippen molar-refractivity contribution in [2.45, 2.75) is 189 Å². The van der Waals surface area contributed by atoms with Crippen LogP contribution in [0.4, 0.5) is 0 Å². The summed E-state index contributed by atoms with van der Waals surface area (Å²) in [7, 11) is 0. The van der Waals surface area contributed by atoms with Gasteiger partial charge in [-0.3, -0.25) is 49.5 Å². The molecule has 0 aromatic rings. The molecule has 22 heteroatoms. The number of aliphatic hydroxyl groups excluding tert-OH is 2. The Morgan fingerprint density at radius 2 is 1.19 bits per heavy atom. The van der Waals surface area contributed by atoms with Gasteiger partial charge in [0.15, 0.2) is 12.5 Å². The first-order chi connectivity index (χ1) is 27.2. The minimum atomic E-state index is -1.07. The molecule has 3 amide bonds. The summed E-state index contributed by atoms with van der Waals surface area (Å²) in [5, 5.41) is 64.7. The highest BCUT2D eigenvalue weighted by Crippen LogP contribution is 2.07. The van der Waals surface area contributed by atoms with Gasteiger partial charge in [-0.1, -0.05) is 62.3 Å². The highest BCUT2D eigenvalue weighted by Gasteiger charge is 2.33. The van der Waals surface area contributed by atoms with E-state index in [4.69, 9.17) is 36.9 Å². The Kier molecular flexibility index (Phi) is 37.0. The third-order valence-electron chi connectivity index (χ3n) is 7.99. The molecule has 11 unspecified atom stereocenters. The third kappa shape index (κ3) is 32.9. The van der Waals surface area contributed by atoms with Crippen molar-refractivity contribution in [2.75, 3.05) is 0 Å². The van der Waals surface area contributed by atoms with E-state index in [1.807, 2.05) is 41.5 Å². The number of hydroxylamine groups is 1. The van der Waals surface area contributed by atoms with Crippen LogP contribution in [-0.2, 0) is 38.5 Å². The number of carbonyl (C=O) groups is 6. The van der Waals surface area contributed by atoms with E-state index < -0.39 is 48.7 Å². The summed E-state index contributed by atoms with van der Waals surface area (Å²) in [5.41, 5.74) is 12.9. The standard InChI is InChI=1S/C7H12N2O4.2C7H14N2O3.C5H10O2.C4H11N.C4H8O2.C3H9N/c1-3-6(12)9-4(2-5(10)11)7(13)8-3;1-3-5-6(10)8-4(2)7(11)12-9-5;1-3-5-7(12-11)8-4(2)6(10)9-5;1-3-4(2)5(6)7;1-3-4(2)5;1-3(2)4(5)6;1-3(2)4/h3-4,6,9,12H,2H2,1H3,(H,8,13)(H,10,11);4-5,7,9,11H,3H2,1-2H3,(H,8,10);4-5,7-8,11H,3H2,1-2H3,(H,9,10);4H,3H2,1-2H3,(H,6,7);4H,3,5H2,1-2H3;3H,1-2H3,(H,5,6);3H,4H2,1-2H3. The molecule has 3 aliphatic heterocycles. The van der Waals surface area contributed by atoms with Gasteiger partial charge in [0.25, 0.3) is 0 Å². The number of aliphatic hydroxyl groups is 2. The van der Waals surface area contributed by atoms with Gasteiger partial charge in [0.05, 0.1) is 48.5 Å². The van der Waals surface area contributed by atoms with Crippen molar-refractivity contribution in [1.29, 1.82) is 0 Å². The maximum Gasteiger partial charge on any atom is 0.306 e. The van der Waals surface area contributed by atoms with Crippen molar-refractivity contribution in [3.63, 3.8) is 0 Å². The molecule has 0 radical (unpaired) electrons. The van der Waals surface area contributed by atoms with Crippen LogP contribution in [0.25, 0.3) is 0 Å². The summed E-state index contributed by atoms with van der Waals surface area (Å²) in [6, 6.07) is -1.73. The molecule has 0 aliphatic carbocycles. The Morgan fingerprint density at radius 1 is 0.729 bits per heavy atom. The number of nitrogens with one attached hydrogen (secondary N) is 6. The smallest absolute Gasteiger partial charge is 0.306 e.